The number of nitrogens with zero attached hydrogens (tertiary/aromatic N) is 1. The number of carbonyl (C=O) groups is 1. The van der Waals surface area contributed by atoms with Crippen LogP contribution in [0, 0.1) is 5.41 Å². The Labute approximate surface area is 174 Å². The van der Waals surface area contributed by atoms with Crippen LogP contribution >= 0.6 is 11.6 Å². The first-order chi connectivity index (χ1) is 13.8. The van der Waals surface area contributed by atoms with Gasteiger partial charge in [0.1, 0.15) is 0 Å². The van der Waals surface area contributed by atoms with Crippen LogP contribution in [-0.2, 0) is 16.8 Å². The fraction of sp³-hybridized carbons (Fsp3) is 0.364. The highest BCUT2D eigenvalue weighted by Gasteiger charge is 2.54. The molecular formula is C22H23ClN4O2. The van der Waals surface area contributed by atoms with Crippen molar-refractivity contribution < 1.29 is 9.90 Å². The van der Waals surface area contributed by atoms with E-state index in [0.717, 1.165) is 22.5 Å². The number of halogens is 1. The van der Waals surface area contributed by atoms with Crippen molar-refractivity contribution in [3.8, 4) is 0 Å². The standard InChI is InChI=1S/C22H23ClN4O2/c1-21(29)9-15(10-21)27-19(28)12-22(26-20(27)24)11-16-17(22)3-2-4-18(16)25-14-7-5-13(23)6-8-14/h2-8,15,25,29H,9-12H2,1H3,(H2,24,26)/t15-,21+,22-/m0/s1. The molecule has 1 heterocycles. The third-order valence-corrected chi connectivity index (χ3v) is 6.58. The number of hydrogen-bond acceptors (Lipinski definition) is 4. The molecule has 5 rings (SSSR count). The molecule has 2 aromatic carbocycles. The number of rotatable bonds is 3. The van der Waals surface area contributed by atoms with E-state index >= 15 is 0 Å². The van der Waals surface area contributed by atoms with Crippen molar-refractivity contribution in [2.75, 3.05) is 5.32 Å². The molecule has 0 bridgehead atoms. The molecule has 1 saturated carbocycles. The smallest absolute Gasteiger partial charge is 0.232 e. The van der Waals surface area contributed by atoms with E-state index < -0.39 is 11.1 Å². The maximum Gasteiger partial charge on any atom is 0.232 e. The summed E-state index contributed by atoms with van der Waals surface area (Å²) in [6, 6.07) is 13.5. The molecule has 6 nitrogen and oxygen atoms in total. The minimum absolute atomic E-state index is 0.0454. The summed E-state index contributed by atoms with van der Waals surface area (Å²) in [5.41, 5.74) is 2.95. The van der Waals surface area contributed by atoms with Gasteiger partial charge in [0.25, 0.3) is 0 Å². The topological polar surface area (TPSA) is 88.5 Å². The van der Waals surface area contributed by atoms with Gasteiger partial charge in [-0.3, -0.25) is 15.1 Å². The quantitative estimate of drug-likeness (QED) is 0.623. The van der Waals surface area contributed by atoms with Gasteiger partial charge in [-0.15, -0.1) is 0 Å². The molecule has 1 saturated heterocycles. The number of guanidine groups is 1. The van der Waals surface area contributed by atoms with Crippen LogP contribution in [0.15, 0.2) is 42.5 Å². The molecule has 4 N–H and O–H groups in total. The van der Waals surface area contributed by atoms with E-state index in [1.54, 1.807) is 6.92 Å². The molecule has 2 aromatic rings. The van der Waals surface area contributed by atoms with Gasteiger partial charge in [0.2, 0.25) is 5.91 Å². The summed E-state index contributed by atoms with van der Waals surface area (Å²) in [5.74, 6) is 0.0967. The lowest BCUT2D eigenvalue weighted by atomic mass is 9.66. The molecule has 150 valence electrons. The third kappa shape index (κ3) is 2.98. The van der Waals surface area contributed by atoms with Crippen LogP contribution in [0.1, 0.15) is 37.3 Å². The fourth-order valence-corrected chi connectivity index (χ4v) is 5.04. The average Bonchev–Trinajstić information content (AvgIpc) is 2.62. The summed E-state index contributed by atoms with van der Waals surface area (Å²) in [4.78, 5) is 14.4. The lowest BCUT2D eigenvalue weighted by Gasteiger charge is -2.54. The van der Waals surface area contributed by atoms with Crippen molar-refractivity contribution in [2.45, 2.75) is 49.8 Å². The number of hydrogen-bond donors (Lipinski definition) is 4. The molecule has 2 aliphatic carbocycles. The van der Waals surface area contributed by atoms with Crippen molar-refractivity contribution in [2.24, 2.45) is 0 Å². The zero-order valence-electron chi connectivity index (χ0n) is 16.1. The summed E-state index contributed by atoms with van der Waals surface area (Å²) in [5, 5.41) is 25.9. The first-order valence-electron chi connectivity index (χ1n) is 9.83. The number of anilines is 2. The monoisotopic (exact) mass is 410 g/mol. The van der Waals surface area contributed by atoms with Gasteiger partial charge in [-0.05, 0) is 61.2 Å². The van der Waals surface area contributed by atoms with Gasteiger partial charge in [0, 0.05) is 28.9 Å². The van der Waals surface area contributed by atoms with Crippen LogP contribution in [0.2, 0.25) is 5.02 Å². The van der Waals surface area contributed by atoms with Crippen molar-refractivity contribution in [1.29, 1.82) is 5.41 Å². The molecule has 0 aromatic heterocycles. The second kappa shape index (κ2) is 6.21. The van der Waals surface area contributed by atoms with Crippen molar-refractivity contribution in [1.82, 2.24) is 10.2 Å². The van der Waals surface area contributed by atoms with Crippen molar-refractivity contribution in [3.05, 3.63) is 58.6 Å². The van der Waals surface area contributed by atoms with Crippen molar-refractivity contribution in [3.63, 3.8) is 0 Å². The zero-order chi connectivity index (χ0) is 20.4. The third-order valence-electron chi connectivity index (χ3n) is 6.33. The first-order valence-corrected chi connectivity index (χ1v) is 10.2. The van der Waals surface area contributed by atoms with E-state index in [1.165, 1.54) is 4.90 Å². The number of aliphatic hydroxyl groups is 1. The van der Waals surface area contributed by atoms with Gasteiger partial charge < -0.3 is 15.7 Å². The molecule has 3 aliphatic rings. The van der Waals surface area contributed by atoms with E-state index in [9.17, 15) is 9.90 Å². The van der Waals surface area contributed by atoms with E-state index in [2.05, 4.69) is 10.6 Å². The molecule has 1 amide bonds. The first kappa shape index (κ1) is 18.5. The zero-order valence-corrected chi connectivity index (χ0v) is 16.9. The Kier molecular flexibility index (Phi) is 3.95. The van der Waals surface area contributed by atoms with Gasteiger partial charge in [0.15, 0.2) is 5.96 Å². The second-order valence-corrected chi connectivity index (χ2v) is 9.13. The summed E-state index contributed by atoms with van der Waals surface area (Å²) in [6.45, 7) is 1.77. The van der Waals surface area contributed by atoms with E-state index in [1.807, 2.05) is 42.5 Å². The molecule has 1 aliphatic heterocycles. The Bertz CT molecular complexity index is 992. The Morgan fingerprint density at radius 1 is 1.21 bits per heavy atom. The van der Waals surface area contributed by atoms with Crippen LogP contribution in [0.5, 0.6) is 0 Å². The lowest BCUT2D eigenvalue weighted by Crippen LogP contribution is -2.69. The maximum atomic E-state index is 12.9. The molecule has 7 heteroatoms. The SMILES string of the molecule is C[C@]1(O)C[C@@H](N2C(=N)N[C@]3(CC2=O)Cc2c(Nc4ccc(Cl)cc4)cccc23)C1. The second-order valence-electron chi connectivity index (χ2n) is 8.70. The number of carbonyl (C=O) groups excluding carboxylic acids is 1. The fourth-order valence-electron chi connectivity index (χ4n) is 4.91. The van der Waals surface area contributed by atoms with Crippen LogP contribution in [0.25, 0.3) is 0 Å². The van der Waals surface area contributed by atoms with Crippen molar-refractivity contribution >= 4 is 34.8 Å². The summed E-state index contributed by atoms with van der Waals surface area (Å²) in [7, 11) is 0. The summed E-state index contributed by atoms with van der Waals surface area (Å²) >= 11 is 5.97. The molecule has 1 atom stereocenters. The predicted molar refractivity (Wildman–Crippen MR) is 113 cm³/mol. The minimum Gasteiger partial charge on any atom is -0.390 e. The summed E-state index contributed by atoms with van der Waals surface area (Å²) in [6.07, 6.45) is 2.04. The molecule has 2 fully saturated rings. The molecular weight excluding hydrogens is 388 g/mol. The lowest BCUT2D eigenvalue weighted by molar-refractivity contribution is -0.140. The summed E-state index contributed by atoms with van der Waals surface area (Å²) < 4.78 is 0. The largest absolute Gasteiger partial charge is 0.390 e. The van der Waals surface area contributed by atoms with E-state index in [-0.39, 0.29) is 17.9 Å². The van der Waals surface area contributed by atoms with E-state index in [0.29, 0.717) is 30.7 Å². The number of fused-ring (bicyclic) bond motifs is 2. The van der Waals surface area contributed by atoms with Crippen LogP contribution in [-0.4, -0.2) is 33.5 Å². The van der Waals surface area contributed by atoms with Gasteiger partial charge >= 0.3 is 0 Å². The Balaban J connectivity index is 1.36. The van der Waals surface area contributed by atoms with Crippen LogP contribution < -0.4 is 10.6 Å². The predicted octanol–water partition coefficient (Wildman–Crippen LogP) is 3.51. The molecule has 29 heavy (non-hydrogen) atoms. The number of amides is 1. The maximum absolute atomic E-state index is 12.9. The normalized spacial score (nSPS) is 30.3. The molecule has 0 unspecified atom stereocenters. The van der Waals surface area contributed by atoms with Crippen LogP contribution in [0.3, 0.4) is 0 Å². The van der Waals surface area contributed by atoms with E-state index in [4.69, 9.17) is 17.0 Å². The average molecular weight is 411 g/mol. The molecule has 1 spiro atoms. The highest BCUT2D eigenvalue weighted by atomic mass is 35.5. The highest BCUT2D eigenvalue weighted by molar-refractivity contribution is 6.30. The van der Waals surface area contributed by atoms with Gasteiger partial charge in [-0.2, -0.15) is 0 Å². The Morgan fingerprint density at radius 3 is 2.59 bits per heavy atom. The number of benzene rings is 2. The van der Waals surface area contributed by atoms with Crippen LogP contribution in [0.4, 0.5) is 11.4 Å². The van der Waals surface area contributed by atoms with Gasteiger partial charge in [0.05, 0.1) is 17.6 Å². The Hall–Kier alpha value is -2.57. The number of nitrogens with one attached hydrogen (secondary N) is 3. The minimum atomic E-state index is -0.730. The van der Waals surface area contributed by atoms with Gasteiger partial charge in [-0.25, -0.2) is 0 Å². The molecule has 0 radical (unpaired) electrons. The Morgan fingerprint density at radius 2 is 1.93 bits per heavy atom. The highest BCUT2D eigenvalue weighted by Crippen LogP contribution is 2.48. The van der Waals surface area contributed by atoms with Gasteiger partial charge in [-0.1, -0.05) is 23.7 Å².